The molecule has 2 N–H and O–H groups in total. The fourth-order valence-corrected chi connectivity index (χ4v) is 2.85. The first kappa shape index (κ1) is 15.6. The third-order valence-corrected chi connectivity index (χ3v) is 4.44. The first-order valence-corrected chi connectivity index (χ1v) is 8.18. The van der Waals surface area contributed by atoms with Gasteiger partial charge in [0.15, 0.2) is 5.65 Å². The molecular weight excluding hydrogens is 323 g/mol. The van der Waals surface area contributed by atoms with Gasteiger partial charge in [0.1, 0.15) is 11.4 Å². The molecule has 0 atom stereocenters. The van der Waals surface area contributed by atoms with Crippen LogP contribution in [-0.2, 0) is 6.42 Å². The van der Waals surface area contributed by atoms with Crippen molar-refractivity contribution in [2.45, 2.75) is 32.2 Å². The predicted molar refractivity (Wildman–Crippen MR) is 90.2 cm³/mol. The highest BCUT2D eigenvalue weighted by atomic mass is 19.1. The monoisotopic (exact) mass is 340 g/mol. The molecule has 1 aromatic carbocycles. The van der Waals surface area contributed by atoms with Crippen molar-refractivity contribution in [2.24, 2.45) is 0 Å². The van der Waals surface area contributed by atoms with Crippen molar-refractivity contribution >= 4 is 11.6 Å². The number of halogens is 1. The first-order chi connectivity index (χ1) is 12.0. The molecule has 0 unspecified atom stereocenters. The predicted octanol–water partition coefficient (Wildman–Crippen LogP) is 1.95. The molecular formula is C18H17FN4O2. The number of benzene rings is 1. The molecule has 0 aliphatic heterocycles. The number of aromatic amines is 1. The zero-order valence-corrected chi connectivity index (χ0v) is 13.7. The van der Waals surface area contributed by atoms with Crippen molar-refractivity contribution in [3.8, 4) is 0 Å². The number of hydrogen-bond acceptors (Lipinski definition) is 3. The lowest BCUT2D eigenvalue weighted by molar-refractivity contribution is 0.0952. The summed E-state index contributed by atoms with van der Waals surface area (Å²) in [5.74, 6) is -0.600. The molecule has 1 fully saturated rings. The maximum Gasteiger partial charge on any atom is 0.276 e. The zero-order chi connectivity index (χ0) is 17.6. The van der Waals surface area contributed by atoms with E-state index in [1.807, 2.05) is 0 Å². The topological polar surface area (TPSA) is 79.3 Å². The summed E-state index contributed by atoms with van der Waals surface area (Å²) in [5, 5.41) is 5.67. The SMILES string of the molecule is Cc1nc2c(C(=O)NC3CC3)c[nH]n2c(=O)c1Cc1ccccc1F. The number of nitrogens with one attached hydrogen (secondary N) is 2. The van der Waals surface area contributed by atoms with Gasteiger partial charge in [-0.2, -0.15) is 0 Å². The molecule has 2 heterocycles. The Morgan fingerprint density at radius 3 is 2.88 bits per heavy atom. The number of hydrogen-bond donors (Lipinski definition) is 2. The van der Waals surface area contributed by atoms with Crippen LogP contribution < -0.4 is 10.9 Å². The van der Waals surface area contributed by atoms with E-state index in [9.17, 15) is 14.0 Å². The Bertz CT molecular complexity index is 1030. The van der Waals surface area contributed by atoms with Gasteiger partial charge in [-0.15, -0.1) is 0 Å². The van der Waals surface area contributed by atoms with Gasteiger partial charge in [-0.25, -0.2) is 13.9 Å². The van der Waals surface area contributed by atoms with Gasteiger partial charge >= 0.3 is 0 Å². The average Bonchev–Trinajstić information content (AvgIpc) is 3.29. The molecule has 1 amide bonds. The Morgan fingerprint density at radius 2 is 2.16 bits per heavy atom. The maximum absolute atomic E-state index is 13.9. The Morgan fingerprint density at radius 1 is 1.40 bits per heavy atom. The van der Waals surface area contributed by atoms with Gasteiger partial charge in [-0.1, -0.05) is 18.2 Å². The van der Waals surface area contributed by atoms with E-state index in [0.29, 0.717) is 22.4 Å². The normalized spacial score (nSPS) is 14.0. The number of aryl methyl sites for hydroxylation is 1. The number of carbonyl (C=O) groups is 1. The molecule has 1 aliphatic rings. The van der Waals surface area contributed by atoms with E-state index in [2.05, 4.69) is 15.4 Å². The largest absolute Gasteiger partial charge is 0.349 e. The Labute approximate surface area is 142 Å². The molecule has 1 saturated carbocycles. The quantitative estimate of drug-likeness (QED) is 0.762. The summed E-state index contributed by atoms with van der Waals surface area (Å²) in [4.78, 5) is 29.5. The summed E-state index contributed by atoms with van der Waals surface area (Å²) in [6, 6.07) is 6.56. The van der Waals surface area contributed by atoms with Crippen LogP contribution in [0, 0.1) is 12.7 Å². The molecule has 0 bridgehead atoms. The number of nitrogens with zero attached hydrogens (tertiary/aromatic N) is 2. The van der Waals surface area contributed by atoms with Gasteiger partial charge in [-0.05, 0) is 31.4 Å². The number of rotatable bonds is 4. The van der Waals surface area contributed by atoms with Crippen molar-refractivity contribution in [3.63, 3.8) is 0 Å². The van der Waals surface area contributed by atoms with Crippen LogP contribution in [0.2, 0.25) is 0 Å². The number of carbonyl (C=O) groups excluding carboxylic acids is 1. The fourth-order valence-electron chi connectivity index (χ4n) is 2.85. The van der Waals surface area contributed by atoms with E-state index in [0.717, 1.165) is 12.8 Å². The second kappa shape index (κ2) is 5.84. The van der Waals surface area contributed by atoms with Gasteiger partial charge in [-0.3, -0.25) is 14.7 Å². The molecule has 7 heteroatoms. The fraction of sp³-hybridized carbons (Fsp3) is 0.278. The second-order valence-corrected chi connectivity index (χ2v) is 6.34. The van der Waals surface area contributed by atoms with Gasteiger partial charge in [0.05, 0.1) is 0 Å². The minimum absolute atomic E-state index is 0.149. The van der Waals surface area contributed by atoms with Crippen LogP contribution in [0.4, 0.5) is 4.39 Å². The lowest BCUT2D eigenvalue weighted by Crippen LogP contribution is -2.26. The highest BCUT2D eigenvalue weighted by molar-refractivity contribution is 5.99. The lowest BCUT2D eigenvalue weighted by Gasteiger charge is -2.07. The van der Waals surface area contributed by atoms with Crippen molar-refractivity contribution in [3.05, 3.63) is 69.0 Å². The Balaban J connectivity index is 1.76. The summed E-state index contributed by atoms with van der Waals surface area (Å²) >= 11 is 0. The minimum Gasteiger partial charge on any atom is -0.349 e. The van der Waals surface area contributed by atoms with Crippen LogP contribution in [0.3, 0.4) is 0 Å². The standard InChI is InChI=1S/C18H17FN4O2/c1-10-13(8-11-4-2-3-5-15(11)19)18(25)23-16(21-10)14(9-20-23)17(24)22-12-6-7-12/h2-5,9,12,20H,6-8H2,1H3,(H,22,24). The van der Waals surface area contributed by atoms with Gasteiger partial charge in [0, 0.05) is 29.9 Å². The Hall–Kier alpha value is -2.96. The number of fused-ring (bicyclic) bond motifs is 1. The van der Waals surface area contributed by atoms with Crippen LogP contribution in [0.25, 0.3) is 5.65 Å². The Kier molecular flexibility index (Phi) is 3.63. The van der Waals surface area contributed by atoms with E-state index in [1.165, 1.54) is 16.8 Å². The average molecular weight is 340 g/mol. The molecule has 128 valence electrons. The lowest BCUT2D eigenvalue weighted by atomic mass is 10.0. The van der Waals surface area contributed by atoms with Crippen LogP contribution in [0.15, 0.2) is 35.3 Å². The molecule has 3 aromatic rings. The first-order valence-electron chi connectivity index (χ1n) is 8.18. The van der Waals surface area contributed by atoms with Crippen molar-refractivity contribution < 1.29 is 9.18 Å². The summed E-state index contributed by atoms with van der Waals surface area (Å²) in [7, 11) is 0. The number of H-pyrrole nitrogens is 1. The molecule has 2 aromatic heterocycles. The zero-order valence-electron chi connectivity index (χ0n) is 13.7. The van der Waals surface area contributed by atoms with E-state index >= 15 is 0 Å². The van der Waals surface area contributed by atoms with Crippen LogP contribution in [0.1, 0.15) is 40.0 Å². The van der Waals surface area contributed by atoms with Crippen molar-refractivity contribution in [1.82, 2.24) is 19.9 Å². The summed E-state index contributed by atoms with van der Waals surface area (Å²) in [6.07, 6.45) is 3.59. The van der Waals surface area contributed by atoms with Crippen LogP contribution >= 0.6 is 0 Å². The molecule has 0 spiro atoms. The summed E-state index contributed by atoms with van der Waals surface area (Å²) in [5.41, 5.74) is 1.63. The van der Waals surface area contributed by atoms with Crippen LogP contribution in [-0.4, -0.2) is 26.5 Å². The molecule has 1 aliphatic carbocycles. The van der Waals surface area contributed by atoms with E-state index < -0.39 is 0 Å². The smallest absolute Gasteiger partial charge is 0.276 e. The van der Waals surface area contributed by atoms with Gasteiger partial charge < -0.3 is 5.32 Å². The van der Waals surface area contributed by atoms with Crippen molar-refractivity contribution in [1.29, 1.82) is 0 Å². The molecule has 4 rings (SSSR count). The van der Waals surface area contributed by atoms with Crippen molar-refractivity contribution in [2.75, 3.05) is 0 Å². The third kappa shape index (κ3) is 2.82. The summed E-state index contributed by atoms with van der Waals surface area (Å²) in [6.45, 7) is 1.70. The van der Waals surface area contributed by atoms with E-state index in [1.54, 1.807) is 25.1 Å². The number of amides is 1. The maximum atomic E-state index is 13.9. The van der Waals surface area contributed by atoms with E-state index in [4.69, 9.17) is 0 Å². The minimum atomic E-state index is -0.359. The van der Waals surface area contributed by atoms with Gasteiger partial charge in [0.25, 0.3) is 11.5 Å². The molecule has 0 radical (unpaired) electrons. The number of aromatic nitrogens is 3. The third-order valence-electron chi connectivity index (χ3n) is 4.44. The highest BCUT2D eigenvalue weighted by Gasteiger charge is 2.26. The molecule has 25 heavy (non-hydrogen) atoms. The summed E-state index contributed by atoms with van der Waals surface area (Å²) < 4.78 is 15.1. The molecule has 0 saturated heterocycles. The van der Waals surface area contributed by atoms with Gasteiger partial charge in [0.2, 0.25) is 0 Å². The second-order valence-electron chi connectivity index (χ2n) is 6.34. The van der Waals surface area contributed by atoms with Crippen LogP contribution in [0.5, 0.6) is 0 Å². The van der Waals surface area contributed by atoms with E-state index in [-0.39, 0.29) is 35.4 Å². The molecule has 6 nitrogen and oxygen atoms in total. The highest BCUT2D eigenvalue weighted by Crippen LogP contribution is 2.20.